The van der Waals surface area contributed by atoms with Crippen LogP contribution in [0.3, 0.4) is 0 Å². The van der Waals surface area contributed by atoms with Crippen molar-refractivity contribution in [3.63, 3.8) is 0 Å². The minimum absolute atomic E-state index is 0.0665. The van der Waals surface area contributed by atoms with E-state index in [4.69, 9.17) is 16.3 Å². The molecule has 2 rings (SSSR count). The van der Waals surface area contributed by atoms with E-state index in [9.17, 15) is 14.9 Å². The fourth-order valence-corrected chi connectivity index (χ4v) is 2.44. The van der Waals surface area contributed by atoms with Crippen LogP contribution in [0.2, 0.25) is 5.02 Å². The van der Waals surface area contributed by atoms with Crippen LogP contribution in [0.4, 0.5) is 5.69 Å². The Kier molecular flexibility index (Phi) is 6.14. The van der Waals surface area contributed by atoms with Crippen molar-refractivity contribution in [2.45, 2.75) is 12.8 Å². The van der Waals surface area contributed by atoms with Crippen LogP contribution in [0.5, 0.6) is 5.75 Å². The van der Waals surface area contributed by atoms with Crippen molar-refractivity contribution in [3.05, 3.63) is 68.7 Å². The maximum Gasteiger partial charge on any atom is 0.270 e. The van der Waals surface area contributed by atoms with Gasteiger partial charge in [0.25, 0.3) is 11.6 Å². The molecule has 7 heteroatoms. The molecular weight excluding hydrogens is 332 g/mol. The Labute approximate surface area is 144 Å². The Morgan fingerprint density at radius 3 is 2.54 bits per heavy atom. The number of benzene rings is 2. The molecule has 0 unspecified atom stereocenters. The number of halogens is 1. The Morgan fingerprint density at radius 2 is 1.96 bits per heavy atom. The quantitative estimate of drug-likeness (QED) is 0.470. The van der Waals surface area contributed by atoms with Gasteiger partial charge in [0.05, 0.1) is 22.6 Å². The summed E-state index contributed by atoms with van der Waals surface area (Å²) in [4.78, 5) is 22.2. The van der Waals surface area contributed by atoms with E-state index in [1.807, 2.05) is 24.3 Å². The van der Waals surface area contributed by atoms with Crippen LogP contribution in [0.25, 0.3) is 0 Å². The molecule has 1 amide bonds. The molecule has 0 aliphatic heterocycles. The van der Waals surface area contributed by atoms with Gasteiger partial charge in [-0.2, -0.15) is 0 Å². The third-order valence-corrected chi connectivity index (χ3v) is 3.81. The molecule has 1 N–H and O–H groups in total. The second-order valence-corrected chi connectivity index (χ2v) is 5.54. The molecule has 2 aromatic carbocycles. The summed E-state index contributed by atoms with van der Waals surface area (Å²) in [6, 6.07) is 11.5. The second-order valence-electron chi connectivity index (χ2n) is 5.13. The molecule has 126 valence electrons. The third kappa shape index (κ3) is 4.70. The van der Waals surface area contributed by atoms with E-state index >= 15 is 0 Å². The highest BCUT2D eigenvalue weighted by Crippen LogP contribution is 2.22. The van der Waals surface area contributed by atoms with Crippen molar-refractivity contribution < 1.29 is 14.5 Å². The lowest BCUT2D eigenvalue weighted by molar-refractivity contribution is -0.384. The monoisotopic (exact) mass is 348 g/mol. The lowest BCUT2D eigenvalue weighted by atomic mass is 10.1. The van der Waals surface area contributed by atoms with Gasteiger partial charge in [0, 0.05) is 18.7 Å². The highest BCUT2D eigenvalue weighted by Gasteiger charge is 2.14. The van der Waals surface area contributed by atoms with Gasteiger partial charge < -0.3 is 10.1 Å². The lowest BCUT2D eigenvalue weighted by Gasteiger charge is -2.07. The molecule has 0 aromatic heterocycles. The first-order valence-corrected chi connectivity index (χ1v) is 7.74. The molecule has 0 bridgehead atoms. The van der Waals surface area contributed by atoms with Crippen molar-refractivity contribution in [2.24, 2.45) is 0 Å². The summed E-state index contributed by atoms with van der Waals surface area (Å²) < 4.78 is 5.10. The Balaban J connectivity index is 1.83. The van der Waals surface area contributed by atoms with Crippen LogP contribution in [-0.4, -0.2) is 24.5 Å². The molecule has 24 heavy (non-hydrogen) atoms. The molecule has 2 aromatic rings. The van der Waals surface area contributed by atoms with Gasteiger partial charge in [0.15, 0.2) is 0 Å². The van der Waals surface area contributed by atoms with E-state index in [0.717, 1.165) is 24.2 Å². The summed E-state index contributed by atoms with van der Waals surface area (Å²) in [6.45, 7) is 0.484. The van der Waals surface area contributed by atoms with Gasteiger partial charge in [-0.3, -0.25) is 14.9 Å². The van der Waals surface area contributed by atoms with E-state index in [2.05, 4.69) is 5.32 Å². The van der Waals surface area contributed by atoms with Gasteiger partial charge in [-0.1, -0.05) is 23.7 Å². The van der Waals surface area contributed by atoms with Gasteiger partial charge in [-0.05, 0) is 36.6 Å². The lowest BCUT2D eigenvalue weighted by Crippen LogP contribution is -2.25. The highest BCUT2D eigenvalue weighted by molar-refractivity contribution is 6.34. The van der Waals surface area contributed by atoms with Gasteiger partial charge in [-0.25, -0.2) is 0 Å². The van der Waals surface area contributed by atoms with Crippen LogP contribution in [0.1, 0.15) is 22.3 Å². The zero-order valence-electron chi connectivity index (χ0n) is 13.1. The number of nitro benzene ring substituents is 1. The third-order valence-electron chi connectivity index (χ3n) is 3.49. The average Bonchev–Trinajstić information content (AvgIpc) is 2.58. The van der Waals surface area contributed by atoms with Crippen LogP contribution < -0.4 is 10.1 Å². The molecule has 0 aliphatic rings. The van der Waals surface area contributed by atoms with Crippen LogP contribution in [0.15, 0.2) is 42.5 Å². The number of hydrogen-bond donors (Lipinski definition) is 1. The SMILES string of the molecule is COc1ccc(CCCNC(=O)c2ccc([N+](=O)[O-])cc2Cl)cc1. The van der Waals surface area contributed by atoms with E-state index in [1.54, 1.807) is 7.11 Å². The predicted molar refractivity (Wildman–Crippen MR) is 91.8 cm³/mol. The van der Waals surface area contributed by atoms with Gasteiger partial charge in [0.2, 0.25) is 0 Å². The smallest absolute Gasteiger partial charge is 0.270 e. The summed E-state index contributed by atoms with van der Waals surface area (Å²) in [5, 5.41) is 13.5. The molecule has 0 fully saturated rings. The van der Waals surface area contributed by atoms with E-state index in [1.165, 1.54) is 18.2 Å². The van der Waals surface area contributed by atoms with Gasteiger partial charge in [-0.15, -0.1) is 0 Å². The highest BCUT2D eigenvalue weighted by atomic mass is 35.5. The first-order valence-electron chi connectivity index (χ1n) is 7.36. The number of ether oxygens (including phenoxy) is 1. The van der Waals surface area contributed by atoms with E-state index < -0.39 is 4.92 Å². The minimum Gasteiger partial charge on any atom is -0.497 e. The Morgan fingerprint density at radius 1 is 1.25 bits per heavy atom. The molecule has 6 nitrogen and oxygen atoms in total. The predicted octanol–water partition coefficient (Wildman–Crippen LogP) is 3.62. The number of methoxy groups -OCH3 is 1. The number of rotatable bonds is 7. The molecule has 0 aliphatic carbocycles. The van der Waals surface area contributed by atoms with Crippen molar-refractivity contribution in [3.8, 4) is 5.75 Å². The van der Waals surface area contributed by atoms with Crippen molar-refractivity contribution in [1.82, 2.24) is 5.32 Å². The summed E-state index contributed by atoms with van der Waals surface area (Å²) in [6.07, 6.45) is 1.58. The Bertz CT molecular complexity index is 732. The molecular formula is C17H17ClN2O4. The average molecular weight is 349 g/mol. The van der Waals surface area contributed by atoms with Crippen LogP contribution in [-0.2, 0) is 6.42 Å². The van der Waals surface area contributed by atoms with Crippen LogP contribution >= 0.6 is 11.6 Å². The first kappa shape index (κ1) is 17.7. The molecule has 0 radical (unpaired) electrons. The molecule has 0 atom stereocenters. The van der Waals surface area contributed by atoms with Crippen LogP contribution in [0, 0.1) is 10.1 Å². The maximum absolute atomic E-state index is 12.1. The number of non-ortho nitro benzene ring substituents is 1. The summed E-state index contributed by atoms with van der Waals surface area (Å²) in [7, 11) is 1.62. The van der Waals surface area contributed by atoms with E-state index in [-0.39, 0.29) is 22.2 Å². The number of nitro groups is 1. The number of amides is 1. The Hall–Kier alpha value is -2.60. The van der Waals surface area contributed by atoms with Gasteiger partial charge >= 0.3 is 0 Å². The number of aryl methyl sites for hydroxylation is 1. The zero-order valence-corrected chi connectivity index (χ0v) is 13.9. The number of hydrogen-bond acceptors (Lipinski definition) is 4. The fraction of sp³-hybridized carbons (Fsp3) is 0.235. The minimum atomic E-state index is -0.553. The number of nitrogens with zero attached hydrogens (tertiary/aromatic N) is 1. The number of carbonyl (C=O) groups excluding carboxylic acids is 1. The van der Waals surface area contributed by atoms with Crippen molar-refractivity contribution in [1.29, 1.82) is 0 Å². The maximum atomic E-state index is 12.1. The summed E-state index contributed by atoms with van der Waals surface area (Å²) in [5.74, 6) is 0.462. The fourth-order valence-electron chi connectivity index (χ4n) is 2.18. The molecule has 0 saturated carbocycles. The molecule has 0 heterocycles. The van der Waals surface area contributed by atoms with Crippen molar-refractivity contribution in [2.75, 3.05) is 13.7 Å². The second kappa shape index (κ2) is 8.31. The van der Waals surface area contributed by atoms with Crippen molar-refractivity contribution >= 4 is 23.2 Å². The standard InChI is InChI=1S/C17H17ClN2O4/c1-24-14-7-4-12(5-8-14)3-2-10-19-17(21)15-9-6-13(20(22)23)11-16(15)18/h4-9,11H,2-3,10H2,1H3,(H,19,21). The first-order chi connectivity index (χ1) is 11.5. The summed E-state index contributed by atoms with van der Waals surface area (Å²) >= 11 is 5.93. The zero-order chi connectivity index (χ0) is 17.5. The number of nitrogens with one attached hydrogen (secondary N) is 1. The molecule has 0 saturated heterocycles. The topological polar surface area (TPSA) is 81.5 Å². The van der Waals surface area contributed by atoms with Gasteiger partial charge in [0.1, 0.15) is 5.75 Å². The summed E-state index contributed by atoms with van der Waals surface area (Å²) in [5.41, 5.74) is 1.24. The van der Waals surface area contributed by atoms with E-state index in [0.29, 0.717) is 6.54 Å². The molecule has 0 spiro atoms. The number of carbonyl (C=O) groups is 1. The largest absolute Gasteiger partial charge is 0.497 e. The normalized spacial score (nSPS) is 10.2.